The van der Waals surface area contributed by atoms with Crippen LogP contribution in [0.1, 0.15) is 12.5 Å². The van der Waals surface area contributed by atoms with Gasteiger partial charge in [-0.25, -0.2) is 14.8 Å². The summed E-state index contributed by atoms with van der Waals surface area (Å²) in [5.74, 6) is 0.732. The number of fused-ring (bicyclic) bond motifs is 1. The SMILES string of the molecule is C[C@@H]1Nc2cc(NC(=O)OCCCl)nc(N)c2N=C1c1ccccc1. The Bertz CT molecular complexity index is 810. The third kappa shape index (κ3) is 3.83. The maximum atomic E-state index is 11.6. The third-order valence-electron chi connectivity index (χ3n) is 3.64. The van der Waals surface area contributed by atoms with Crippen molar-refractivity contribution in [3.05, 3.63) is 42.0 Å². The highest BCUT2D eigenvalue weighted by atomic mass is 35.5. The highest BCUT2D eigenvalue weighted by Gasteiger charge is 2.23. The first-order valence-corrected chi connectivity index (χ1v) is 8.32. The number of carbonyl (C=O) groups is 1. The van der Waals surface area contributed by atoms with Crippen molar-refractivity contribution in [3.8, 4) is 0 Å². The van der Waals surface area contributed by atoms with Crippen molar-refractivity contribution in [3.63, 3.8) is 0 Å². The normalized spacial score (nSPS) is 15.6. The number of nitrogens with two attached hydrogens (primary N) is 1. The van der Waals surface area contributed by atoms with Crippen molar-refractivity contribution in [1.29, 1.82) is 0 Å². The Labute approximate surface area is 150 Å². The minimum atomic E-state index is -0.634. The molecule has 25 heavy (non-hydrogen) atoms. The van der Waals surface area contributed by atoms with Crippen molar-refractivity contribution in [2.75, 3.05) is 28.9 Å². The summed E-state index contributed by atoms with van der Waals surface area (Å²) in [4.78, 5) is 20.5. The quantitative estimate of drug-likeness (QED) is 0.726. The largest absolute Gasteiger partial charge is 0.448 e. The van der Waals surface area contributed by atoms with Gasteiger partial charge in [-0.1, -0.05) is 30.3 Å². The maximum Gasteiger partial charge on any atom is 0.412 e. The van der Waals surface area contributed by atoms with E-state index in [1.165, 1.54) is 0 Å². The lowest BCUT2D eigenvalue weighted by molar-refractivity contribution is 0.168. The standard InChI is InChI=1S/C17H18ClN5O2/c1-10-14(11-5-3-2-4-6-11)23-15-12(20-10)9-13(21-16(15)19)22-17(24)25-8-7-18/h2-6,9-10,20H,7-8H2,1H3,(H3,19,21,22,24)/t10-/m0/s1. The highest BCUT2D eigenvalue weighted by Crippen LogP contribution is 2.37. The third-order valence-corrected chi connectivity index (χ3v) is 3.80. The molecule has 2 aromatic rings. The molecule has 0 radical (unpaired) electrons. The molecule has 1 aliphatic heterocycles. The molecule has 1 amide bonds. The summed E-state index contributed by atoms with van der Waals surface area (Å²) in [6.45, 7) is 2.13. The Morgan fingerprint density at radius 2 is 2.16 bits per heavy atom. The number of benzene rings is 1. The molecule has 8 heteroatoms. The molecule has 0 saturated heterocycles. The fourth-order valence-corrected chi connectivity index (χ4v) is 2.64. The van der Waals surface area contributed by atoms with Gasteiger partial charge >= 0.3 is 6.09 Å². The molecule has 2 heterocycles. The number of hydrogen-bond donors (Lipinski definition) is 3. The van der Waals surface area contributed by atoms with E-state index < -0.39 is 6.09 Å². The number of alkyl halides is 1. The number of ether oxygens (including phenoxy) is 1. The molecule has 130 valence electrons. The van der Waals surface area contributed by atoms with Gasteiger partial charge in [-0.05, 0) is 12.5 Å². The Kier molecular flexibility index (Phi) is 5.04. The van der Waals surface area contributed by atoms with Crippen molar-refractivity contribution < 1.29 is 9.53 Å². The number of pyridine rings is 1. The summed E-state index contributed by atoms with van der Waals surface area (Å²) in [5, 5.41) is 5.87. The number of carbonyl (C=O) groups excluding carboxylic acids is 1. The van der Waals surface area contributed by atoms with E-state index in [1.54, 1.807) is 6.07 Å². The molecule has 0 fully saturated rings. The van der Waals surface area contributed by atoms with Crippen molar-refractivity contribution >= 4 is 46.4 Å². The molecule has 1 aliphatic rings. The van der Waals surface area contributed by atoms with E-state index in [4.69, 9.17) is 22.1 Å². The van der Waals surface area contributed by atoms with E-state index >= 15 is 0 Å². The van der Waals surface area contributed by atoms with Crippen LogP contribution in [-0.4, -0.2) is 35.3 Å². The van der Waals surface area contributed by atoms with Crippen LogP contribution in [0.4, 0.5) is 27.8 Å². The van der Waals surface area contributed by atoms with Crippen LogP contribution in [0.15, 0.2) is 41.4 Å². The number of nitrogens with one attached hydrogen (secondary N) is 2. The van der Waals surface area contributed by atoms with Crippen molar-refractivity contribution in [2.24, 2.45) is 4.99 Å². The summed E-state index contributed by atoms with van der Waals surface area (Å²) < 4.78 is 4.86. The first-order valence-electron chi connectivity index (χ1n) is 7.79. The molecule has 0 aliphatic carbocycles. The van der Waals surface area contributed by atoms with Crippen LogP contribution in [0.3, 0.4) is 0 Å². The number of nitrogens with zero attached hydrogens (tertiary/aromatic N) is 2. The zero-order valence-electron chi connectivity index (χ0n) is 13.6. The molecule has 0 saturated carbocycles. The first-order chi connectivity index (χ1) is 12.1. The van der Waals surface area contributed by atoms with Gasteiger partial charge < -0.3 is 15.8 Å². The van der Waals surface area contributed by atoms with Crippen LogP contribution in [0.2, 0.25) is 0 Å². The number of hydrogen-bond acceptors (Lipinski definition) is 6. The van der Waals surface area contributed by atoms with Crippen molar-refractivity contribution in [2.45, 2.75) is 13.0 Å². The van der Waals surface area contributed by atoms with Gasteiger partial charge in [-0.3, -0.25) is 5.32 Å². The van der Waals surface area contributed by atoms with Gasteiger partial charge in [0, 0.05) is 6.07 Å². The summed E-state index contributed by atoms with van der Waals surface area (Å²) in [6, 6.07) is 11.5. The van der Waals surface area contributed by atoms with Crippen LogP contribution >= 0.6 is 11.6 Å². The highest BCUT2D eigenvalue weighted by molar-refractivity contribution is 6.18. The Balaban J connectivity index is 1.89. The number of rotatable bonds is 4. The molecule has 7 nitrogen and oxygen atoms in total. The van der Waals surface area contributed by atoms with Gasteiger partial charge in [-0.15, -0.1) is 11.6 Å². The molecule has 4 N–H and O–H groups in total. The lowest BCUT2D eigenvalue weighted by Gasteiger charge is -2.25. The number of aromatic nitrogens is 1. The molecule has 1 aromatic carbocycles. The van der Waals surface area contributed by atoms with Crippen LogP contribution in [0, 0.1) is 0 Å². The van der Waals surface area contributed by atoms with Crippen molar-refractivity contribution in [1.82, 2.24) is 4.98 Å². The Hall–Kier alpha value is -2.80. The molecule has 0 unspecified atom stereocenters. The van der Waals surface area contributed by atoms with Gasteiger partial charge in [0.15, 0.2) is 5.82 Å². The summed E-state index contributed by atoms with van der Waals surface area (Å²) >= 11 is 5.48. The topological polar surface area (TPSA) is 102 Å². The lowest BCUT2D eigenvalue weighted by atomic mass is 10.0. The van der Waals surface area contributed by atoms with Gasteiger partial charge in [0.1, 0.15) is 18.1 Å². The van der Waals surface area contributed by atoms with E-state index in [0.717, 1.165) is 11.3 Å². The summed E-state index contributed by atoms with van der Waals surface area (Å²) in [7, 11) is 0. The van der Waals surface area contributed by atoms with Crippen LogP contribution in [-0.2, 0) is 4.74 Å². The summed E-state index contributed by atoms with van der Waals surface area (Å²) in [6.07, 6.45) is -0.634. The first kappa shape index (κ1) is 17.0. The minimum absolute atomic E-state index is 0.0206. The van der Waals surface area contributed by atoms with Gasteiger partial charge in [-0.2, -0.15) is 0 Å². The molecule has 0 bridgehead atoms. The fourth-order valence-electron chi connectivity index (χ4n) is 2.56. The zero-order valence-corrected chi connectivity index (χ0v) is 14.4. The van der Waals surface area contributed by atoms with Gasteiger partial charge in [0.05, 0.1) is 23.3 Å². The summed E-state index contributed by atoms with van der Waals surface area (Å²) in [5.41, 5.74) is 9.18. The van der Waals surface area contributed by atoms with E-state index in [1.807, 2.05) is 37.3 Å². The number of amides is 1. The number of anilines is 3. The smallest absolute Gasteiger partial charge is 0.412 e. The van der Waals surface area contributed by atoms with Gasteiger partial charge in [0.25, 0.3) is 0 Å². The second kappa shape index (κ2) is 7.40. The number of halogens is 1. The average molecular weight is 360 g/mol. The fraction of sp³-hybridized carbons (Fsp3) is 0.235. The minimum Gasteiger partial charge on any atom is -0.448 e. The Morgan fingerprint density at radius 1 is 1.40 bits per heavy atom. The zero-order chi connectivity index (χ0) is 17.8. The number of aliphatic imine (C=N–C) groups is 1. The number of nitrogen functional groups attached to an aromatic ring is 1. The maximum absolute atomic E-state index is 11.6. The van der Waals surface area contributed by atoms with Gasteiger partial charge in [0.2, 0.25) is 0 Å². The molecular formula is C17H18ClN5O2. The van der Waals surface area contributed by atoms with E-state index in [2.05, 4.69) is 20.6 Å². The molecule has 0 spiro atoms. The van der Waals surface area contributed by atoms with E-state index in [9.17, 15) is 4.79 Å². The molecular weight excluding hydrogens is 342 g/mol. The monoisotopic (exact) mass is 359 g/mol. The van der Waals surface area contributed by atoms with Crippen LogP contribution < -0.4 is 16.4 Å². The van der Waals surface area contributed by atoms with Crippen LogP contribution in [0.25, 0.3) is 0 Å². The second-order valence-electron chi connectivity index (χ2n) is 5.47. The average Bonchev–Trinajstić information content (AvgIpc) is 2.60. The molecule has 1 atom stereocenters. The van der Waals surface area contributed by atoms with E-state index in [-0.39, 0.29) is 30.2 Å². The predicted octanol–water partition coefficient (Wildman–Crippen LogP) is 3.39. The lowest BCUT2D eigenvalue weighted by Crippen LogP contribution is -2.30. The molecule has 1 aromatic heterocycles. The van der Waals surface area contributed by atoms with Crippen LogP contribution in [0.5, 0.6) is 0 Å². The predicted molar refractivity (Wildman–Crippen MR) is 100 cm³/mol. The molecule has 3 rings (SSSR count). The Morgan fingerprint density at radius 3 is 2.88 bits per heavy atom. The second-order valence-corrected chi connectivity index (χ2v) is 5.85. The van der Waals surface area contributed by atoms with E-state index in [0.29, 0.717) is 11.4 Å².